The predicted octanol–water partition coefficient (Wildman–Crippen LogP) is 2.90. The van der Waals surface area contributed by atoms with E-state index in [1.807, 2.05) is 6.92 Å². The first-order valence-corrected chi connectivity index (χ1v) is 6.27. The zero-order valence-electron chi connectivity index (χ0n) is 9.67. The highest BCUT2D eigenvalue weighted by Gasteiger charge is 2.08. The molecule has 5 heteroatoms. The van der Waals surface area contributed by atoms with Gasteiger partial charge in [0.15, 0.2) is 0 Å². The number of amides is 1. The van der Waals surface area contributed by atoms with Crippen molar-refractivity contribution >= 4 is 27.5 Å². The van der Waals surface area contributed by atoms with Crippen molar-refractivity contribution in [3.63, 3.8) is 0 Å². The van der Waals surface area contributed by atoms with E-state index in [0.29, 0.717) is 29.0 Å². The molecule has 3 nitrogen and oxygen atoms in total. The van der Waals surface area contributed by atoms with Crippen molar-refractivity contribution in [2.24, 2.45) is 11.7 Å². The first-order chi connectivity index (χ1) is 8.02. The van der Waals surface area contributed by atoms with E-state index in [-0.39, 0.29) is 11.7 Å². The van der Waals surface area contributed by atoms with E-state index < -0.39 is 0 Å². The van der Waals surface area contributed by atoms with Crippen molar-refractivity contribution in [2.75, 3.05) is 11.9 Å². The minimum atomic E-state index is -0.376. The molecular formula is C12H16BrFN2O. The summed E-state index contributed by atoms with van der Waals surface area (Å²) in [4.78, 5) is 11.6. The van der Waals surface area contributed by atoms with E-state index in [1.54, 1.807) is 6.07 Å². The lowest BCUT2D eigenvalue weighted by molar-refractivity contribution is -0.116. The maximum Gasteiger partial charge on any atom is 0.224 e. The summed E-state index contributed by atoms with van der Waals surface area (Å²) in [5.74, 6) is -0.188. The molecule has 0 spiro atoms. The van der Waals surface area contributed by atoms with Crippen molar-refractivity contribution in [3.8, 4) is 0 Å². The minimum absolute atomic E-state index is 0.128. The molecule has 0 aliphatic rings. The molecule has 0 aliphatic heterocycles. The second-order valence-corrected chi connectivity index (χ2v) is 4.91. The van der Waals surface area contributed by atoms with Crippen LogP contribution < -0.4 is 11.1 Å². The molecule has 94 valence electrons. The number of nitrogens with one attached hydrogen (secondary N) is 1. The fraction of sp³-hybridized carbons (Fsp3) is 0.417. The van der Waals surface area contributed by atoms with Crippen LogP contribution in [0.15, 0.2) is 22.7 Å². The molecule has 17 heavy (non-hydrogen) atoms. The van der Waals surface area contributed by atoms with Crippen molar-refractivity contribution in [1.29, 1.82) is 0 Å². The van der Waals surface area contributed by atoms with Crippen LogP contribution in [0.3, 0.4) is 0 Å². The molecule has 0 aromatic heterocycles. The maximum atomic E-state index is 13.0. The lowest BCUT2D eigenvalue weighted by Crippen LogP contribution is -2.16. The van der Waals surface area contributed by atoms with Crippen LogP contribution in [-0.4, -0.2) is 12.5 Å². The van der Waals surface area contributed by atoms with Gasteiger partial charge in [-0.15, -0.1) is 0 Å². The van der Waals surface area contributed by atoms with E-state index >= 15 is 0 Å². The Morgan fingerprint density at radius 3 is 2.94 bits per heavy atom. The van der Waals surface area contributed by atoms with Gasteiger partial charge in [-0.3, -0.25) is 4.79 Å². The van der Waals surface area contributed by atoms with Gasteiger partial charge in [0.2, 0.25) is 5.91 Å². The van der Waals surface area contributed by atoms with Gasteiger partial charge in [-0.1, -0.05) is 6.92 Å². The van der Waals surface area contributed by atoms with Gasteiger partial charge in [0.25, 0.3) is 0 Å². The van der Waals surface area contributed by atoms with Crippen LogP contribution in [0.1, 0.15) is 19.8 Å². The molecule has 1 amide bonds. The van der Waals surface area contributed by atoms with E-state index in [9.17, 15) is 9.18 Å². The molecule has 1 aromatic rings. The first kappa shape index (κ1) is 14.1. The molecular weight excluding hydrogens is 287 g/mol. The highest BCUT2D eigenvalue weighted by molar-refractivity contribution is 9.10. The van der Waals surface area contributed by atoms with E-state index in [2.05, 4.69) is 21.2 Å². The molecule has 0 fully saturated rings. The normalized spacial score (nSPS) is 12.2. The topological polar surface area (TPSA) is 55.1 Å². The third-order valence-electron chi connectivity index (χ3n) is 2.47. The van der Waals surface area contributed by atoms with Crippen LogP contribution in [0.5, 0.6) is 0 Å². The summed E-state index contributed by atoms with van der Waals surface area (Å²) in [6.45, 7) is 2.56. The van der Waals surface area contributed by atoms with Gasteiger partial charge in [0.05, 0.1) is 5.69 Å². The first-order valence-electron chi connectivity index (χ1n) is 5.48. The Bertz CT molecular complexity index is 398. The zero-order chi connectivity index (χ0) is 12.8. The third-order valence-corrected chi connectivity index (χ3v) is 3.16. The summed E-state index contributed by atoms with van der Waals surface area (Å²) < 4.78 is 13.6. The van der Waals surface area contributed by atoms with Crippen LogP contribution in [0.25, 0.3) is 0 Å². The fourth-order valence-electron chi connectivity index (χ4n) is 1.30. The Morgan fingerprint density at radius 2 is 2.29 bits per heavy atom. The number of carbonyl (C=O) groups excluding carboxylic acids is 1. The summed E-state index contributed by atoms with van der Waals surface area (Å²) in [5.41, 5.74) is 5.92. The summed E-state index contributed by atoms with van der Waals surface area (Å²) >= 11 is 3.25. The van der Waals surface area contributed by atoms with E-state index in [4.69, 9.17) is 5.73 Å². The Labute approximate surface area is 109 Å². The second kappa shape index (κ2) is 6.71. The van der Waals surface area contributed by atoms with Crippen LogP contribution in [0.4, 0.5) is 10.1 Å². The van der Waals surface area contributed by atoms with Crippen molar-refractivity contribution in [1.82, 2.24) is 0 Å². The predicted molar refractivity (Wildman–Crippen MR) is 70.2 cm³/mol. The van der Waals surface area contributed by atoms with Gasteiger partial charge in [-0.05, 0) is 53.0 Å². The lowest BCUT2D eigenvalue weighted by Gasteiger charge is -2.10. The quantitative estimate of drug-likeness (QED) is 0.879. The minimum Gasteiger partial charge on any atom is -0.330 e. The van der Waals surface area contributed by atoms with Crippen LogP contribution in [0, 0.1) is 11.7 Å². The second-order valence-electron chi connectivity index (χ2n) is 4.05. The molecule has 0 heterocycles. The van der Waals surface area contributed by atoms with Gasteiger partial charge >= 0.3 is 0 Å². The van der Waals surface area contributed by atoms with Gasteiger partial charge in [-0.25, -0.2) is 4.39 Å². The molecule has 0 saturated heterocycles. The molecule has 0 radical (unpaired) electrons. The highest BCUT2D eigenvalue weighted by atomic mass is 79.9. The van der Waals surface area contributed by atoms with Gasteiger partial charge in [0.1, 0.15) is 5.82 Å². The number of anilines is 1. The van der Waals surface area contributed by atoms with Crippen LogP contribution >= 0.6 is 15.9 Å². The highest BCUT2D eigenvalue weighted by Crippen LogP contribution is 2.23. The average molecular weight is 303 g/mol. The molecule has 1 aromatic carbocycles. The van der Waals surface area contributed by atoms with Crippen LogP contribution in [0.2, 0.25) is 0 Å². The Morgan fingerprint density at radius 1 is 1.59 bits per heavy atom. The summed E-state index contributed by atoms with van der Waals surface area (Å²) in [5, 5.41) is 2.66. The summed E-state index contributed by atoms with van der Waals surface area (Å²) in [6, 6.07) is 4.18. The number of nitrogens with two attached hydrogens (primary N) is 1. The Hall–Kier alpha value is -0.940. The zero-order valence-corrected chi connectivity index (χ0v) is 11.3. The van der Waals surface area contributed by atoms with Crippen molar-refractivity contribution in [2.45, 2.75) is 19.8 Å². The van der Waals surface area contributed by atoms with Gasteiger partial charge in [-0.2, -0.15) is 0 Å². The summed E-state index contributed by atoms with van der Waals surface area (Å²) in [7, 11) is 0. The molecule has 0 aliphatic carbocycles. The molecule has 0 bridgehead atoms. The number of carbonyl (C=O) groups is 1. The fourth-order valence-corrected chi connectivity index (χ4v) is 1.65. The molecule has 3 N–H and O–H groups in total. The number of halogens is 2. The lowest BCUT2D eigenvalue weighted by atomic mass is 10.1. The number of hydrogen-bond donors (Lipinski definition) is 2. The number of rotatable bonds is 5. The van der Waals surface area contributed by atoms with Crippen molar-refractivity contribution < 1.29 is 9.18 Å². The monoisotopic (exact) mass is 302 g/mol. The SMILES string of the molecule is CC(CN)CCC(=O)Nc1cc(F)ccc1Br. The van der Waals surface area contributed by atoms with Gasteiger partial charge < -0.3 is 11.1 Å². The van der Waals surface area contributed by atoms with Gasteiger partial charge in [0, 0.05) is 10.9 Å². The van der Waals surface area contributed by atoms with E-state index in [0.717, 1.165) is 6.42 Å². The maximum absolute atomic E-state index is 13.0. The number of benzene rings is 1. The molecule has 1 unspecified atom stereocenters. The Kier molecular flexibility index (Phi) is 5.58. The molecule has 0 saturated carbocycles. The van der Waals surface area contributed by atoms with E-state index in [1.165, 1.54) is 12.1 Å². The number of hydrogen-bond acceptors (Lipinski definition) is 2. The Balaban J connectivity index is 2.53. The smallest absolute Gasteiger partial charge is 0.224 e. The molecule has 1 atom stereocenters. The summed E-state index contributed by atoms with van der Waals surface area (Å²) in [6.07, 6.45) is 1.12. The average Bonchev–Trinajstić information content (AvgIpc) is 2.30. The molecule has 1 rings (SSSR count). The standard InChI is InChI=1S/C12H16BrFN2O/c1-8(7-15)2-5-12(17)16-11-6-9(14)3-4-10(11)13/h3-4,6,8H,2,5,7,15H2,1H3,(H,16,17). The third kappa shape index (κ3) is 4.83. The largest absolute Gasteiger partial charge is 0.330 e. The van der Waals surface area contributed by atoms with Crippen LogP contribution in [-0.2, 0) is 4.79 Å². The van der Waals surface area contributed by atoms with Crippen molar-refractivity contribution in [3.05, 3.63) is 28.5 Å².